The Kier molecular flexibility index (Phi) is 3.23. The van der Waals surface area contributed by atoms with Gasteiger partial charge in [0.25, 0.3) is 0 Å². The lowest BCUT2D eigenvalue weighted by molar-refractivity contribution is 0.0471. The highest BCUT2D eigenvalue weighted by atomic mass is 32.1. The normalized spacial score (nSPS) is 10.9. The molecule has 5 nitrogen and oxygen atoms in total. The third-order valence-corrected chi connectivity index (χ3v) is 3.89. The van der Waals surface area contributed by atoms with Gasteiger partial charge < -0.3 is 9.26 Å². The van der Waals surface area contributed by atoms with Crippen LogP contribution in [0.25, 0.3) is 10.2 Å². The Morgan fingerprint density at radius 2 is 2.25 bits per heavy atom. The van der Waals surface area contributed by atoms with Crippen LogP contribution in [0.5, 0.6) is 0 Å². The molecule has 0 aliphatic rings. The predicted molar refractivity (Wildman–Crippen MR) is 74.7 cm³/mol. The summed E-state index contributed by atoms with van der Waals surface area (Å²) >= 11 is 1.50. The first-order valence-electron chi connectivity index (χ1n) is 6.07. The number of thiazole rings is 1. The maximum Gasteiger partial charge on any atom is 0.338 e. The molecule has 0 aliphatic carbocycles. The highest BCUT2D eigenvalue weighted by Gasteiger charge is 2.13. The predicted octanol–water partition coefficient (Wildman–Crippen LogP) is 3.26. The molecule has 2 heterocycles. The number of nitrogens with zero attached hydrogens (tertiary/aromatic N) is 2. The number of esters is 1. The lowest BCUT2D eigenvalue weighted by atomic mass is 10.2. The van der Waals surface area contributed by atoms with E-state index in [0.29, 0.717) is 11.3 Å². The van der Waals surface area contributed by atoms with Gasteiger partial charge in [0.1, 0.15) is 12.4 Å². The molecule has 3 aromatic rings. The van der Waals surface area contributed by atoms with E-state index in [2.05, 4.69) is 10.1 Å². The average Bonchev–Trinajstić information content (AvgIpc) is 3.03. The van der Waals surface area contributed by atoms with E-state index in [1.54, 1.807) is 24.6 Å². The number of aryl methyl sites for hydroxylation is 2. The van der Waals surface area contributed by atoms with Gasteiger partial charge in [0.05, 0.1) is 32.5 Å². The van der Waals surface area contributed by atoms with E-state index in [1.807, 2.05) is 13.0 Å². The highest BCUT2D eigenvalue weighted by molar-refractivity contribution is 7.16. The van der Waals surface area contributed by atoms with Crippen LogP contribution >= 0.6 is 11.3 Å². The van der Waals surface area contributed by atoms with E-state index < -0.39 is 0 Å². The summed E-state index contributed by atoms with van der Waals surface area (Å²) in [5, 5.41) is 3.83. The zero-order valence-corrected chi connectivity index (χ0v) is 11.9. The molecule has 0 unspecified atom stereocenters. The number of aromatic nitrogens is 2. The number of hydrogen-bond donors (Lipinski definition) is 0. The zero-order chi connectivity index (χ0) is 14.1. The summed E-state index contributed by atoms with van der Waals surface area (Å²) in [7, 11) is 0. The van der Waals surface area contributed by atoms with Crippen LogP contribution in [0.1, 0.15) is 27.4 Å². The van der Waals surface area contributed by atoms with Crippen molar-refractivity contribution >= 4 is 27.5 Å². The molecule has 0 fully saturated rings. The van der Waals surface area contributed by atoms with Gasteiger partial charge in [0.2, 0.25) is 0 Å². The lowest BCUT2D eigenvalue weighted by Crippen LogP contribution is -2.06. The van der Waals surface area contributed by atoms with Crippen LogP contribution in [0.2, 0.25) is 0 Å². The Bertz CT molecular complexity index is 756. The summed E-state index contributed by atoms with van der Waals surface area (Å²) in [4.78, 5) is 16.2. The topological polar surface area (TPSA) is 65.2 Å². The van der Waals surface area contributed by atoms with Crippen molar-refractivity contribution in [1.29, 1.82) is 0 Å². The minimum atomic E-state index is -0.361. The van der Waals surface area contributed by atoms with Crippen molar-refractivity contribution in [2.45, 2.75) is 20.5 Å². The standard InChI is InChI=1S/C14H12N2O3S/c1-8-11(9(2)19-16-8)6-18-14(17)10-3-4-12-13(5-10)20-7-15-12/h3-5,7H,6H2,1-2H3. The molecule has 20 heavy (non-hydrogen) atoms. The number of carbonyl (C=O) groups is 1. The van der Waals surface area contributed by atoms with Gasteiger partial charge in [-0.1, -0.05) is 5.16 Å². The molecule has 2 aromatic heterocycles. The largest absolute Gasteiger partial charge is 0.457 e. The van der Waals surface area contributed by atoms with Crippen molar-refractivity contribution in [2.75, 3.05) is 0 Å². The fourth-order valence-electron chi connectivity index (χ4n) is 1.91. The first-order chi connectivity index (χ1) is 9.65. The Balaban J connectivity index is 1.76. The monoisotopic (exact) mass is 288 g/mol. The Hall–Kier alpha value is -2.21. The molecular weight excluding hydrogens is 276 g/mol. The first-order valence-corrected chi connectivity index (χ1v) is 6.95. The van der Waals surface area contributed by atoms with Gasteiger partial charge >= 0.3 is 5.97 Å². The van der Waals surface area contributed by atoms with Crippen LogP contribution in [-0.2, 0) is 11.3 Å². The van der Waals surface area contributed by atoms with Crippen molar-refractivity contribution in [3.8, 4) is 0 Å². The minimum Gasteiger partial charge on any atom is -0.457 e. The molecule has 1 aromatic carbocycles. The van der Waals surface area contributed by atoms with E-state index in [9.17, 15) is 4.79 Å². The second-order valence-electron chi connectivity index (χ2n) is 4.41. The summed E-state index contributed by atoms with van der Waals surface area (Å²) in [6, 6.07) is 5.33. The van der Waals surface area contributed by atoms with E-state index in [0.717, 1.165) is 21.5 Å². The van der Waals surface area contributed by atoms with Gasteiger partial charge in [-0.3, -0.25) is 0 Å². The van der Waals surface area contributed by atoms with Crippen molar-refractivity contribution in [1.82, 2.24) is 10.1 Å². The van der Waals surface area contributed by atoms with Crippen LogP contribution in [0.15, 0.2) is 28.2 Å². The van der Waals surface area contributed by atoms with Gasteiger partial charge in [-0.15, -0.1) is 11.3 Å². The fraction of sp³-hybridized carbons (Fsp3) is 0.214. The van der Waals surface area contributed by atoms with Crippen molar-refractivity contribution in [3.05, 3.63) is 46.3 Å². The fourth-order valence-corrected chi connectivity index (χ4v) is 2.63. The first kappa shape index (κ1) is 12.8. The summed E-state index contributed by atoms with van der Waals surface area (Å²) < 4.78 is 11.3. The summed E-state index contributed by atoms with van der Waals surface area (Å²) in [6.45, 7) is 3.79. The van der Waals surface area contributed by atoms with Gasteiger partial charge in [-0.05, 0) is 32.0 Å². The van der Waals surface area contributed by atoms with Crippen molar-refractivity contribution in [2.24, 2.45) is 0 Å². The molecule has 3 rings (SSSR count). The maximum absolute atomic E-state index is 12.0. The number of ether oxygens (including phenoxy) is 1. The zero-order valence-electron chi connectivity index (χ0n) is 11.0. The average molecular weight is 288 g/mol. The number of fused-ring (bicyclic) bond motifs is 1. The van der Waals surface area contributed by atoms with Crippen LogP contribution < -0.4 is 0 Å². The van der Waals surface area contributed by atoms with Crippen LogP contribution in [-0.4, -0.2) is 16.1 Å². The number of hydrogen-bond acceptors (Lipinski definition) is 6. The second kappa shape index (κ2) is 5.05. The number of carbonyl (C=O) groups excluding carboxylic acids is 1. The third kappa shape index (κ3) is 2.30. The van der Waals surface area contributed by atoms with Gasteiger partial charge in [0.15, 0.2) is 0 Å². The van der Waals surface area contributed by atoms with E-state index in [4.69, 9.17) is 9.26 Å². The molecule has 0 saturated heterocycles. The van der Waals surface area contributed by atoms with Gasteiger partial charge in [-0.25, -0.2) is 9.78 Å². The third-order valence-electron chi connectivity index (χ3n) is 3.10. The lowest BCUT2D eigenvalue weighted by Gasteiger charge is -2.04. The van der Waals surface area contributed by atoms with E-state index in [-0.39, 0.29) is 12.6 Å². The van der Waals surface area contributed by atoms with Gasteiger partial charge in [0, 0.05) is 0 Å². The van der Waals surface area contributed by atoms with Crippen LogP contribution in [0, 0.1) is 13.8 Å². The number of rotatable bonds is 3. The van der Waals surface area contributed by atoms with Gasteiger partial charge in [-0.2, -0.15) is 0 Å². The Morgan fingerprint density at radius 3 is 3.00 bits per heavy atom. The van der Waals surface area contributed by atoms with E-state index >= 15 is 0 Å². The second-order valence-corrected chi connectivity index (χ2v) is 5.30. The molecule has 0 saturated carbocycles. The minimum absolute atomic E-state index is 0.167. The Labute approximate surface area is 119 Å². The molecule has 0 spiro atoms. The molecule has 0 bridgehead atoms. The molecule has 102 valence electrons. The van der Waals surface area contributed by atoms with Crippen LogP contribution in [0.3, 0.4) is 0 Å². The van der Waals surface area contributed by atoms with Crippen molar-refractivity contribution < 1.29 is 14.1 Å². The smallest absolute Gasteiger partial charge is 0.338 e. The quantitative estimate of drug-likeness (QED) is 0.692. The maximum atomic E-state index is 12.0. The number of benzene rings is 1. The summed E-state index contributed by atoms with van der Waals surface area (Å²) in [6.07, 6.45) is 0. The molecule has 0 N–H and O–H groups in total. The van der Waals surface area contributed by atoms with E-state index in [1.165, 1.54) is 11.3 Å². The highest BCUT2D eigenvalue weighted by Crippen LogP contribution is 2.20. The Morgan fingerprint density at radius 1 is 1.40 bits per heavy atom. The molecule has 0 radical (unpaired) electrons. The van der Waals surface area contributed by atoms with Crippen molar-refractivity contribution in [3.63, 3.8) is 0 Å². The SMILES string of the molecule is Cc1noc(C)c1COC(=O)c1ccc2ncsc2c1. The summed E-state index contributed by atoms with van der Waals surface area (Å²) in [5.41, 5.74) is 4.72. The van der Waals surface area contributed by atoms with Crippen LogP contribution in [0.4, 0.5) is 0 Å². The molecular formula is C14H12N2O3S. The summed E-state index contributed by atoms with van der Waals surface area (Å²) in [5.74, 6) is 0.313. The molecule has 6 heteroatoms. The molecule has 0 amide bonds. The molecule has 0 aliphatic heterocycles. The molecule has 0 atom stereocenters.